The maximum Gasteiger partial charge on any atom is 0.372 e. The molecule has 0 aliphatic carbocycles. The Morgan fingerprint density at radius 3 is 2.68 bits per heavy atom. The molecule has 19 heavy (non-hydrogen) atoms. The van der Waals surface area contributed by atoms with E-state index in [1.54, 1.807) is 6.92 Å². The van der Waals surface area contributed by atoms with Crippen LogP contribution < -0.4 is 0 Å². The lowest BCUT2D eigenvalue weighted by atomic mass is 10.1. The molecule has 0 fully saturated rings. The molecule has 1 aromatic heterocycles. The summed E-state index contributed by atoms with van der Waals surface area (Å²) in [5.74, 6) is -1.54. The monoisotopic (exact) mass is 274 g/mol. The molecule has 6 nitrogen and oxygen atoms in total. The van der Waals surface area contributed by atoms with Gasteiger partial charge in [0.2, 0.25) is 0 Å². The van der Waals surface area contributed by atoms with Gasteiger partial charge in [-0.1, -0.05) is 0 Å². The maximum atomic E-state index is 12.7. The fraction of sp³-hybridized carbons (Fsp3) is 0.455. The molecule has 0 saturated carbocycles. The number of hydrogen-bond acceptors (Lipinski definition) is 5. The highest BCUT2D eigenvalue weighted by Crippen LogP contribution is 2.30. The van der Waals surface area contributed by atoms with Gasteiger partial charge in [0.1, 0.15) is 12.0 Å². The van der Waals surface area contributed by atoms with E-state index in [0.29, 0.717) is 0 Å². The van der Waals surface area contributed by atoms with E-state index in [1.807, 2.05) is 0 Å². The van der Waals surface area contributed by atoms with Gasteiger partial charge in [-0.25, -0.2) is 8.78 Å². The molecule has 0 bridgehead atoms. The van der Waals surface area contributed by atoms with Crippen molar-refractivity contribution < 1.29 is 23.2 Å². The third-order valence-corrected chi connectivity index (χ3v) is 2.32. The maximum absolute atomic E-state index is 12.7. The lowest BCUT2D eigenvalue weighted by Crippen LogP contribution is -2.11. The van der Waals surface area contributed by atoms with Crippen LogP contribution >= 0.6 is 0 Å². The van der Waals surface area contributed by atoms with Crippen molar-refractivity contribution in [3.05, 3.63) is 33.0 Å². The molecular formula is C11H12F2N2O4. The highest BCUT2D eigenvalue weighted by molar-refractivity contribution is 5.72. The van der Waals surface area contributed by atoms with Gasteiger partial charge in [-0.2, -0.15) is 0 Å². The van der Waals surface area contributed by atoms with Crippen LogP contribution in [-0.4, -0.2) is 22.5 Å². The summed E-state index contributed by atoms with van der Waals surface area (Å²) in [6, 6.07) is 1.23. The van der Waals surface area contributed by atoms with Crippen LogP contribution in [0.1, 0.15) is 30.2 Å². The first-order valence-corrected chi connectivity index (χ1v) is 5.45. The highest BCUT2D eigenvalue weighted by atomic mass is 19.3. The summed E-state index contributed by atoms with van der Waals surface area (Å²) in [7, 11) is 0. The molecule has 104 valence electrons. The zero-order chi connectivity index (χ0) is 14.6. The van der Waals surface area contributed by atoms with Gasteiger partial charge in [0.15, 0.2) is 5.69 Å². The summed E-state index contributed by atoms with van der Waals surface area (Å²) >= 11 is 0. The van der Waals surface area contributed by atoms with Crippen molar-refractivity contribution in [3.8, 4) is 0 Å². The Hall–Kier alpha value is -2.12. The standard InChI is InChI=1S/C11H12F2N2O4/c1-3-19-8(16)5-7-4-6(2)9(10(12)13)11(14-7)15(17)18/h4,10H,3,5H2,1-2H3. The summed E-state index contributed by atoms with van der Waals surface area (Å²) < 4.78 is 30.1. The minimum Gasteiger partial charge on any atom is -0.466 e. The van der Waals surface area contributed by atoms with E-state index >= 15 is 0 Å². The van der Waals surface area contributed by atoms with E-state index in [2.05, 4.69) is 9.72 Å². The van der Waals surface area contributed by atoms with Crippen molar-refractivity contribution in [1.82, 2.24) is 4.98 Å². The molecule has 0 saturated heterocycles. The minimum atomic E-state index is -3.00. The van der Waals surface area contributed by atoms with E-state index in [9.17, 15) is 23.7 Å². The Bertz CT molecular complexity index is 506. The number of carbonyl (C=O) groups is 1. The first-order valence-electron chi connectivity index (χ1n) is 5.45. The van der Waals surface area contributed by atoms with Crippen molar-refractivity contribution in [2.75, 3.05) is 6.61 Å². The molecule has 0 aromatic carbocycles. The minimum absolute atomic E-state index is 0.0241. The number of pyridine rings is 1. The lowest BCUT2D eigenvalue weighted by Gasteiger charge is -2.06. The molecule has 8 heteroatoms. The number of halogens is 2. The smallest absolute Gasteiger partial charge is 0.372 e. The van der Waals surface area contributed by atoms with Gasteiger partial charge in [-0.3, -0.25) is 4.79 Å². The number of aryl methyl sites for hydroxylation is 1. The van der Waals surface area contributed by atoms with E-state index in [4.69, 9.17) is 0 Å². The van der Waals surface area contributed by atoms with Gasteiger partial charge >= 0.3 is 11.8 Å². The molecule has 1 heterocycles. The van der Waals surface area contributed by atoms with Crippen LogP contribution in [0.5, 0.6) is 0 Å². The predicted molar refractivity (Wildman–Crippen MR) is 60.9 cm³/mol. The van der Waals surface area contributed by atoms with Gasteiger partial charge in [0.25, 0.3) is 6.43 Å². The quantitative estimate of drug-likeness (QED) is 0.467. The van der Waals surface area contributed by atoms with Crippen LogP contribution in [0.25, 0.3) is 0 Å². The first kappa shape index (κ1) is 14.9. The molecule has 0 N–H and O–H groups in total. The van der Waals surface area contributed by atoms with Gasteiger partial charge in [0, 0.05) is 0 Å². The number of carbonyl (C=O) groups excluding carboxylic acids is 1. The topological polar surface area (TPSA) is 82.3 Å². The SMILES string of the molecule is CCOC(=O)Cc1cc(C)c(C(F)F)c([N+](=O)[O-])n1. The number of hydrogen-bond donors (Lipinski definition) is 0. The molecule has 0 spiro atoms. The largest absolute Gasteiger partial charge is 0.466 e. The van der Waals surface area contributed by atoms with Gasteiger partial charge in [-0.15, -0.1) is 0 Å². The van der Waals surface area contributed by atoms with Crippen LogP contribution in [-0.2, 0) is 16.0 Å². The summed E-state index contributed by atoms with van der Waals surface area (Å²) in [6.45, 7) is 3.08. The van der Waals surface area contributed by atoms with Gasteiger partial charge in [-0.05, 0) is 35.4 Å². The first-order chi connectivity index (χ1) is 8.86. The number of esters is 1. The summed E-state index contributed by atoms with van der Waals surface area (Å²) in [4.78, 5) is 24.5. The fourth-order valence-electron chi connectivity index (χ4n) is 1.59. The number of alkyl halides is 2. The van der Waals surface area contributed by atoms with Crippen molar-refractivity contribution in [3.63, 3.8) is 0 Å². The molecule has 0 aliphatic heterocycles. The molecule has 1 aromatic rings. The third kappa shape index (κ3) is 3.67. The Morgan fingerprint density at radius 2 is 2.21 bits per heavy atom. The molecule has 0 amide bonds. The molecule has 0 radical (unpaired) electrons. The number of nitro groups is 1. The van der Waals surface area contributed by atoms with Crippen molar-refractivity contribution in [2.24, 2.45) is 0 Å². The average Bonchev–Trinajstić information content (AvgIpc) is 2.27. The lowest BCUT2D eigenvalue weighted by molar-refractivity contribution is -0.391. The van der Waals surface area contributed by atoms with Crippen molar-refractivity contribution in [1.29, 1.82) is 0 Å². The molecular weight excluding hydrogens is 262 g/mol. The second kappa shape index (κ2) is 6.17. The van der Waals surface area contributed by atoms with E-state index in [1.165, 1.54) is 13.0 Å². The van der Waals surface area contributed by atoms with Crippen LogP contribution in [0.2, 0.25) is 0 Å². The van der Waals surface area contributed by atoms with Crippen LogP contribution in [0.3, 0.4) is 0 Å². The van der Waals surface area contributed by atoms with Crippen LogP contribution in [0.15, 0.2) is 6.07 Å². The number of ether oxygens (including phenoxy) is 1. The van der Waals surface area contributed by atoms with E-state index in [0.717, 1.165) is 0 Å². The number of aromatic nitrogens is 1. The molecule has 0 aliphatic rings. The predicted octanol–water partition coefficient (Wildman–Crippen LogP) is 2.34. The molecule has 0 unspecified atom stereocenters. The zero-order valence-corrected chi connectivity index (χ0v) is 10.4. The van der Waals surface area contributed by atoms with E-state index < -0.39 is 28.7 Å². The Balaban J connectivity index is 3.17. The molecule has 1 rings (SSSR count). The normalized spacial score (nSPS) is 10.6. The van der Waals surface area contributed by atoms with Crippen molar-refractivity contribution >= 4 is 11.8 Å². The third-order valence-electron chi connectivity index (χ3n) is 2.32. The molecule has 0 atom stereocenters. The second-order valence-electron chi connectivity index (χ2n) is 3.71. The van der Waals surface area contributed by atoms with Gasteiger partial charge < -0.3 is 14.9 Å². The van der Waals surface area contributed by atoms with Crippen LogP contribution in [0, 0.1) is 17.0 Å². The zero-order valence-electron chi connectivity index (χ0n) is 10.4. The highest BCUT2D eigenvalue weighted by Gasteiger charge is 2.28. The second-order valence-corrected chi connectivity index (χ2v) is 3.71. The van der Waals surface area contributed by atoms with E-state index in [-0.39, 0.29) is 24.3 Å². The number of rotatable bonds is 5. The Kier molecular flexibility index (Phi) is 4.85. The summed E-state index contributed by atoms with van der Waals surface area (Å²) in [5.41, 5.74) is -0.666. The van der Waals surface area contributed by atoms with Crippen LogP contribution in [0.4, 0.5) is 14.6 Å². The summed E-state index contributed by atoms with van der Waals surface area (Å²) in [5, 5.41) is 10.7. The van der Waals surface area contributed by atoms with Gasteiger partial charge in [0.05, 0.1) is 6.61 Å². The Labute approximate surface area is 107 Å². The summed E-state index contributed by atoms with van der Waals surface area (Å²) in [6.07, 6.45) is -3.29. The fourth-order valence-corrected chi connectivity index (χ4v) is 1.59. The average molecular weight is 274 g/mol. The Morgan fingerprint density at radius 1 is 1.58 bits per heavy atom. The van der Waals surface area contributed by atoms with Crippen molar-refractivity contribution in [2.45, 2.75) is 26.7 Å². The number of nitrogens with zero attached hydrogens (tertiary/aromatic N) is 2.